The van der Waals surface area contributed by atoms with Gasteiger partial charge in [-0.3, -0.25) is 19.2 Å². The van der Waals surface area contributed by atoms with Gasteiger partial charge in [-0.2, -0.15) is 4.98 Å². The number of benzene rings is 1. The van der Waals surface area contributed by atoms with Gasteiger partial charge in [-0.05, 0) is 37.6 Å². The molecule has 0 amide bonds. The summed E-state index contributed by atoms with van der Waals surface area (Å²) in [6, 6.07) is 6.40. The van der Waals surface area contributed by atoms with Crippen LogP contribution in [0.4, 0.5) is 0 Å². The molecule has 1 aromatic heterocycles. The third kappa shape index (κ3) is 8.39. The largest absolute Gasteiger partial charge is 0.512 e. The molecule has 1 aromatic carbocycles. The highest BCUT2D eigenvalue weighted by atomic mass is 16.7. The topological polar surface area (TPSA) is 190 Å². The maximum atomic E-state index is 12.0. The van der Waals surface area contributed by atoms with Crippen LogP contribution in [0.15, 0.2) is 29.1 Å². The van der Waals surface area contributed by atoms with Crippen LogP contribution in [0.5, 0.6) is 5.75 Å². The van der Waals surface area contributed by atoms with Gasteiger partial charge in [-0.1, -0.05) is 12.1 Å². The van der Waals surface area contributed by atoms with Gasteiger partial charge in [0, 0.05) is 27.7 Å². The van der Waals surface area contributed by atoms with E-state index >= 15 is 0 Å². The molecule has 14 heteroatoms. The Labute approximate surface area is 239 Å². The Morgan fingerprint density at radius 1 is 0.905 bits per heavy atom. The normalized spacial score (nSPS) is 22.9. The first-order valence-corrected chi connectivity index (χ1v) is 12.8. The molecule has 0 radical (unpaired) electrons. The molecule has 2 N–H and O–H groups in total. The Hall–Kier alpha value is -4.72. The van der Waals surface area contributed by atoms with E-state index in [2.05, 4.69) is 9.97 Å². The molecule has 14 nitrogen and oxygen atoms in total. The van der Waals surface area contributed by atoms with Crippen molar-refractivity contribution >= 4 is 35.7 Å². The average molecular weight is 589 g/mol. The van der Waals surface area contributed by atoms with Crippen molar-refractivity contribution in [2.75, 3.05) is 6.61 Å². The van der Waals surface area contributed by atoms with Crippen LogP contribution in [-0.4, -0.2) is 76.3 Å². The molecule has 0 saturated carbocycles. The Bertz CT molecular complexity index is 1510. The molecule has 1 fully saturated rings. The molecule has 42 heavy (non-hydrogen) atoms. The molecule has 226 valence electrons. The molecule has 0 spiro atoms. The third-order valence-electron chi connectivity index (χ3n) is 5.90. The minimum absolute atomic E-state index is 0.0221. The smallest absolute Gasteiger partial charge is 0.345 e. The van der Waals surface area contributed by atoms with Gasteiger partial charge in [0.25, 0.3) is 0 Å². The fourth-order valence-corrected chi connectivity index (χ4v) is 4.40. The van der Waals surface area contributed by atoms with Crippen LogP contribution in [0.3, 0.4) is 0 Å². The molecule has 3 rings (SSSR count). The predicted octanol–water partition coefficient (Wildman–Crippen LogP) is 0.0551. The number of esters is 4. The summed E-state index contributed by atoms with van der Waals surface area (Å²) in [6.07, 6.45) is -4.98. The van der Waals surface area contributed by atoms with E-state index in [1.54, 1.807) is 37.3 Å². The molecule has 0 aliphatic carbocycles. The fourth-order valence-electron chi connectivity index (χ4n) is 4.40. The summed E-state index contributed by atoms with van der Waals surface area (Å²) in [7, 11) is 0. The highest BCUT2D eigenvalue weighted by Gasteiger charge is 2.53. The Balaban J connectivity index is 1.99. The van der Waals surface area contributed by atoms with Crippen LogP contribution in [-0.2, 0) is 42.9 Å². The van der Waals surface area contributed by atoms with Crippen molar-refractivity contribution in [1.82, 2.24) is 9.97 Å². The number of ether oxygens (including phenoxy) is 6. The molecule has 0 bridgehead atoms. The average Bonchev–Trinajstić information content (AvgIpc) is 2.86. The zero-order chi connectivity index (χ0) is 31.1. The Morgan fingerprint density at radius 3 is 2.02 bits per heavy atom. The standard InChI is InChI=1S/C28H32N2O12/c1-13-23(14(2)31)21(30-28(36)29-13)11-19-7-9-20(10-8-19)41-27-26(40-18(6)35)25(39-17(5)34)24(38-16(4)33)22(42-27)12-37-15(3)32/h7-11,22,24-27,31H,12H2,1-6H3,(H,30,36)/b21-11?,23-14+/t22-,24-,25-,26-,27-/m1/s1. The van der Waals surface area contributed by atoms with Crippen LogP contribution >= 0.6 is 0 Å². The lowest BCUT2D eigenvalue weighted by Gasteiger charge is -2.43. The first kappa shape index (κ1) is 31.8. The summed E-state index contributed by atoms with van der Waals surface area (Å²) < 4.78 is 33.1. The van der Waals surface area contributed by atoms with Gasteiger partial charge in [-0.25, -0.2) is 4.79 Å². The lowest BCUT2D eigenvalue weighted by Crippen LogP contribution is -2.63. The molecule has 2 heterocycles. The van der Waals surface area contributed by atoms with Crippen LogP contribution < -0.4 is 21.0 Å². The van der Waals surface area contributed by atoms with E-state index in [1.807, 2.05) is 0 Å². The van der Waals surface area contributed by atoms with Crippen molar-refractivity contribution in [1.29, 1.82) is 0 Å². The summed E-state index contributed by atoms with van der Waals surface area (Å²) in [5.41, 5.74) is 0.397. The molecule has 0 unspecified atom stereocenters. The van der Waals surface area contributed by atoms with E-state index in [0.717, 1.165) is 20.8 Å². The van der Waals surface area contributed by atoms with E-state index in [-0.39, 0.29) is 11.5 Å². The second-order valence-electron chi connectivity index (χ2n) is 9.40. The highest BCUT2D eigenvalue weighted by molar-refractivity contribution is 5.68. The molecular weight excluding hydrogens is 556 g/mol. The van der Waals surface area contributed by atoms with E-state index < -0.39 is 66.9 Å². The van der Waals surface area contributed by atoms with Crippen molar-refractivity contribution in [2.45, 2.75) is 72.2 Å². The second-order valence-corrected chi connectivity index (χ2v) is 9.40. The van der Waals surface area contributed by atoms with Crippen LogP contribution in [0, 0.1) is 6.92 Å². The summed E-state index contributed by atoms with van der Waals surface area (Å²) in [4.78, 5) is 65.7. The summed E-state index contributed by atoms with van der Waals surface area (Å²) in [5.74, 6) is -2.70. The van der Waals surface area contributed by atoms with E-state index in [9.17, 15) is 29.1 Å². The molecule has 1 aliphatic heterocycles. The van der Waals surface area contributed by atoms with Crippen LogP contribution in [0.1, 0.15) is 45.9 Å². The molecule has 2 aromatic rings. The number of aliphatic hydroxyl groups is 1. The minimum Gasteiger partial charge on any atom is -0.512 e. The molecule has 1 saturated heterocycles. The Kier molecular flexibility index (Phi) is 10.4. The number of aryl methyl sites for hydroxylation is 1. The van der Waals surface area contributed by atoms with Gasteiger partial charge in [-0.15, -0.1) is 0 Å². The monoisotopic (exact) mass is 588 g/mol. The lowest BCUT2D eigenvalue weighted by atomic mass is 9.98. The molecular formula is C28H32N2O12. The Morgan fingerprint density at radius 2 is 1.48 bits per heavy atom. The maximum Gasteiger partial charge on any atom is 0.345 e. The van der Waals surface area contributed by atoms with Crippen molar-refractivity contribution < 1.29 is 52.7 Å². The number of nitrogens with one attached hydrogen (secondary N) is 1. The SMILES string of the molecule is CC(=O)OC[C@H]1O[C@@H](Oc2ccc(C=c3[nH]c(=O)nc(C)/c3=C(/C)O)cc2)[C@H](OC(C)=O)[C@H](OC(C)=O)[C@@H]1OC(C)=O. The molecule has 5 atom stereocenters. The fraction of sp³-hybridized carbons (Fsp3) is 0.429. The molecule has 1 aliphatic rings. The van der Waals surface area contributed by atoms with Crippen molar-refractivity contribution in [3.8, 4) is 5.75 Å². The van der Waals surface area contributed by atoms with Crippen LogP contribution in [0.2, 0.25) is 0 Å². The highest BCUT2D eigenvalue weighted by Crippen LogP contribution is 2.31. The van der Waals surface area contributed by atoms with Gasteiger partial charge < -0.3 is 38.5 Å². The van der Waals surface area contributed by atoms with E-state index in [0.29, 0.717) is 21.8 Å². The minimum atomic E-state index is -1.39. The quantitative estimate of drug-likeness (QED) is 0.311. The second kappa shape index (κ2) is 13.8. The summed E-state index contributed by atoms with van der Waals surface area (Å²) in [5, 5.41) is 10.8. The first-order valence-electron chi connectivity index (χ1n) is 12.8. The maximum absolute atomic E-state index is 12.0. The van der Waals surface area contributed by atoms with Gasteiger partial charge in [0.05, 0.1) is 16.3 Å². The third-order valence-corrected chi connectivity index (χ3v) is 5.90. The van der Waals surface area contributed by atoms with Crippen molar-refractivity contribution in [3.05, 3.63) is 56.6 Å². The number of carbonyl (C=O) groups is 4. The lowest BCUT2D eigenvalue weighted by molar-refractivity contribution is -0.288. The number of hydrogen-bond acceptors (Lipinski definition) is 13. The summed E-state index contributed by atoms with van der Waals surface area (Å²) in [6.45, 7) is 7.24. The zero-order valence-corrected chi connectivity index (χ0v) is 23.9. The predicted molar refractivity (Wildman–Crippen MR) is 143 cm³/mol. The van der Waals surface area contributed by atoms with Crippen molar-refractivity contribution in [3.63, 3.8) is 0 Å². The zero-order valence-electron chi connectivity index (χ0n) is 23.9. The van der Waals surface area contributed by atoms with Crippen molar-refractivity contribution in [2.24, 2.45) is 0 Å². The van der Waals surface area contributed by atoms with E-state index in [4.69, 9.17) is 28.4 Å². The number of nitrogens with zero attached hydrogens (tertiary/aromatic N) is 1. The number of aliphatic hydroxyl groups excluding tert-OH is 1. The van der Waals surface area contributed by atoms with Gasteiger partial charge in [0.15, 0.2) is 12.2 Å². The first-order chi connectivity index (χ1) is 19.7. The van der Waals surface area contributed by atoms with Crippen LogP contribution in [0.25, 0.3) is 11.8 Å². The number of H-pyrrole nitrogens is 1. The number of aromatic nitrogens is 2. The van der Waals surface area contributed by atoms with Gasteiger partial charge in [0.1, 0.15) is 24.2 Å². The number of aromatic amines is 1. The number of rotatable bonds is 8. The number of carbonyl (C=O) groups excluding carboxylic acids is 4. The van der Waals surface area contributed by atoms with Gasteiger partial charge >= 0.3 is 29.6 Å². The summed E-state index contributed by atoms with van der Waals surface area (Å²) >= 11 is 0. The van der Waals surface area contributed by atoms with E-state index in [1.165, 1.54) is 13.8 Å². The number of hydrogen-bond donors (Lipinski definition) is 2. The van der Waals surface area contributed by atoms with Gasteiger partial charge in [0.2, 0.25) is 12.4 Å².